The van der Waals surface area contributed by atoms with Crippen LogP contribution >= 0.6 is 0 Å². The number of carbonyl (C=O) groups excluding carboxylic acids is 1. The van der Waals surface area contributed by atoms with Gasteiger partial charge in [-0.2, -0.15) is 9.40 Å². The van der Waals surface area contributed by atoms with Gasteiger partial charge in [-0.25, -0.2) is 8.42 Å². The Hall–Kier alpha value is -2.27. The zero-order valence-electron chi connectivity index (χ0n) is 17.6. The van der Waals surface area contributed by atoms with Crippen molar-refractivity contribution in [2.24, 2.45) is 7.05 Å². The number of sulfonamides is 1. The summed E-state index contributed by atoms with van der Waals surface area (Å²) < 4.78 is 34.8. The number of aromatic nitrogens is 2. The Morgan fingerprint density at radius 3 is 2.58 bits per heavy atom. The second kappa shape index (κ2) is 7.70. The molecule has 3 aliphatic heterocycles. The third-order valence-corrected chi connectivity index (χ3v) is 8.55. The topological polar surface area (TPSA) is 88.0 Å². The average molecular weight is 446 g/mol. The van der Waals surface area contributed by atoms with Crippen LogP contribution in [0.25, 0.3) is 0 Å². The van der Waals surface area contributed by atoms with Crippen molar-refractivity contribution in [2.45, 2.75) is 36.0 Å². The lowest BCUT2D eigenvalue weighted by Crippen LogP contribution is -2.62. The Morgan fingerprint density at radius 1 is 1.16 bits per heavy atom. The van der Waals surface area contributed by atoms with Crippen molar-refractivity contribution in [2.75, 3.05) is 32.8 Å². The van der Waals surface area contributed by atoms with E-state index in [9.17, 15) is 13.2 Å². The first kappa shape index (κ1) is 20.6. The second-order valence-corrected chi connectivity index (χ2v) is 10.4. The van der Waals surface area contributed by atoms with Crippen molar-refractivity contribution in [1.82, 2.24) is 23.9 Å². The Morgan fingerprint density at radius 2 is 1.90 bits per heavy atom. The number of piperazine rings is 1. The summed E-state index contributed by atoms with van der Waals surface area (Å²) in [5, 5.41) is 4.00. The average Bonchev–Trinajstić information content (AvgIpc) is 3.32. The van der Waals surface area contributed by atoms with Crippen molar-refractivity contribution in [1.29, 1.82) is 0 Å². The molecule has 1 aromatic carbocycles. The predicted octanol–water partition coefficient (Wildman–Crippen LogP) is 0.644. The van der Waals surface area contributed by atoms with Gasteiger partial charge < -0.3 is 9.64 Å². The molecule has 0 N–H and O–H groups in total. The van der Waals surface area contributed by atoms with E-state index in [-0.39, 0.29) is 17.3 Å². The Balaban J connectivity index is 1.45. The lowest BCUT2D eigenvalue weighted by Gasteiger charge is -2.48. The molecular formula is C21H27N5O4S. The number of benzene rings is 1. The van der Waals surface area contributed by atoms with E-state index in [4.69, 9.17) is 4.74 Å². The molecule has 10 heteroatoms. The lowest BCUT2D eigenvalue weighted by atomic mass is 9.96. The van der Waals surface area contributed by atoms with Crippen LogP contribution in [-0.2, 0) is 33.1 Å². The molecule has 5 rings (SSSR count). The van der Waals surface area contributed by atoms with E-state index in [2.05, 4.69) is 10.00 Å². The van der Waals surface area contributed by atoms with Gasteiger partial charge in [-0.1, -0.05) is 30.3 Å². The monoisotopic (exact) mass is 445 g/mol. The molecule has 3 aliphatic rings. The number of aryl methyl sites for hydroxylation is 1. The molecule has 3 fully saturated rings. The minimum Gasteiger partial charge on any atom is -0.381 e. The van der Waals surface area contributed by atoms with E-state index in [0.29, 0.717) is 32.8 Å². The molecule has 1 spiro atoms. The Bertz CT molecular complexity index is 1060. The summed E-state index contributed by atoms with van der Waals surface area (Å²) in [5.41, 5.74) is 0.654. The van der Waals surface area contributed by atoms with Gasteiger partial charge >= 0.3 is 0 Å². The van der Waals surface area contributed by atoms with E-state index in [1.165, 1.54) is 21.4 Å². The van der Waals surface area contributed by atoms with Gasteiger partial charge in [0.15, 0.2) is 0 Å². The molecule has 0 radical (unpaired) electrons. The van der Waals surface area contributed by atoms with Crippen molar-refractivity contribution >= 4 is 15.9 Å². The highest BCUT2D eigenvalue weighted by Crippen LogP contribution is 2.42. The van der Waals surface area contributed by atoms with Crippen LogP contribution in [0.1, 0.15) is 18.4 Å². The maximum atomic E-state index is 13.6. The molecule has 1 amide bonds. The molecule has 9 nitrogen and oxygen atoms in total. The van der Waals surface area contributed by atoms with E-state index in [0.717, 1.165) is 18.4 Å². The fourth-order valence-corrected chi connectivity index (χ4v) is 6.58. The highest BCUT2D eigenvalue weighted by atomic mass is 32.2. The first-order valence-corrected chi connectivity index (χ1v) is 12.0. The van der Waals surface area contributed by atoms with Gasteiger partial charge in [0.05, 0.1) is 19.4 Å². The zero-order valence-corrected chi connectivity index (χ0v) is 18.4. The van der Waals surface area contributed by atoms with Crippen LogP contribution in [0.15, 0.2) is 47.6 Å². The van der Waals surface area contributed by atoms with Crippen LogP contribution in [0.4, 0.5) is 0 Å². The predicted molar refractivity (Wildman–Crippen MR) is 112 cm³/mol. The molecule has 0 aliphatic carbocycles. The number of amides is 1. The number of fused-ring (bicyclic) bond motifs is 2. The highest BCUT2D eigenvalue weighted by molar-refractivity contribution is 7.89. The number of carbonyl (C=O) groups is 1. The summed E-state index contributed by atoms with van der Waals surface area (Å²) in [5.74, 6) is -0.00293. The van der Waals surface area contributed by atoms with Crippen molar-refractivity contribution in [3.63, 3.8) is 0 Å². The molecule has 31 heavy (non-hydrogen) atoms. The van der Waals surface area contributed by atoms with E-state index >= 15 is 0 Å². The van der Waals surface area contributed by atoms with Crippen molar-refractivity contribution in [3.05, 3.63) is 48.3 Å². The molecule has 4 heterocycles. The quantitative estimate of drug-likeness (QED) is 0.687. The molecule has 1 atom stereocenters. The molecular weight excluding hydrogens is 418 g/mol. The number of ether oxygens (including phenoxy) is 1. The molecule has 0 bridgehead atoms. The van der Waals surface area contributed by atoms with Crippen molar-refractivity contribution in [3.8, 4) is 0 Å². The van der Waals surface area contributed by atoms with Gasteiger partial charge in [-0.05, 0) is 5.56 Å². The van der Waals surface area contributed by atoms with Crippen LogP contribution in [0.3, 0.4) is 0 Å². The fraction of sp³-hybridized carbons (Fsp3) is 0.524. The van der Waals surface area contributed by atoms with Crippen LogP contribution in [0, 0.1) is 0 Å². The lowest BCUT2D eigenvalue weighted by molar-refractivity contribution is -0.137. The molecule has 0 saturated carbocycles. The maximum Gasteiger partial charge on any atom is 0.246 e. The maximum absolute atomic E-state index is 13.6. The number of rotatable bonds is 4. The first-order chi connectivity index (χ1) is 14.9. The third-order valence-electron chi connectivity index (χ3n) is 6.73. The van der Waals surface area contributed by atoms with Gasteiger partial charge in [-0.3, -0.25) is 14.4 Å². The van der Waals surface area contributed by atoms with Gasteiger partial charge in [0.1, 0.15) is 16.6 Å². The molecule has 0 unspecified atom stereocenters. The molecule has 2 aromatic rings. The van der Waals surface area contributed by atoms with Crippen molar-refractivity contribution < 1.29 is 17.9 Å². The highest BCUT2D eigenvalue weighted by Gasteiger charge is 2.58. The molecule has 1 aromatic heterocycles. The van der Waals surface area contributed by atoms with Crippen LogP contribution in [-0.4, -0.2) is 82.8 Å². The summed E-state index contributed by atoms with van der Waals surface area (Å²) >= 11 is 0. The molecule has 166 valence electrons. The SMILES string of the molecule is Cn1cc(S(=O)(=O)N2CCN3[C@H](C2)C(=O)N(Cc2ccccc2)C32CCOCC2)cn1. The zero-order chi connectivity index (χ0) is 21.6. The fourth-order valence-electron chi connectivity index (χ4n) is 5.15. The number of hydrogen-bond acceptors (Lipinski definition) is 6. The minimum atomic E-state index is -3.69. The summed E-state index contributed by atoms with van der Waals surface area (Å²) in [6.07, 6.45) is 4.33. The van der Waals surface area contributed by atoms with Gasteiger partial charge in [0.25, 0.3) is 0 Å². The molecule has 3 saturated heterocycles. The largest absolute Gasteiger partial charge is 0.381 e. The first-order valence-electron chi connectivity index (χ1n) is 10.6. The van der Waals surface area contributed by atoms with Crippen LogP contribution < -0.4 is 0 Å². The number of hydrogen-bond donors (Lipinski definition) is 0. The summed E-state index contributed by atoms with van der Waals surface area (Å²) in [6.45, 7) is 2.73. The van der Waals surface area contributed by atoms with Crippen LogP contribution in [0.5, 0.6) is 0 Å². The third kappa shape index (κ3) is 3.38. The van der Waals surface area contributed by atoms with Crippen LogP contribution in [0.2, 0.25) is 0 Å². The van der Waals surface area contributed by atoms with Gasteiger partial charge in [0.2, 0.25) is 15.9 Å². The van der Waals surface area contributed by atoms with E-state index in [1.54, 1.807) is 7.05 Å². The Labute approximate surface area is 182 Å². The summed E-state index contributed by atoms with van der Waals surface area (Å²) in [4.78, 5) is 18.0. The second-order valence-electron chi connectivity index (χ2n) is 8.43. The normalized spacial score (nSPS) is 24.6. The van der Waals surface area contributed by atoms with E-state index in [1.807, 2.05) is 35.2 Å². The standard InChI is InChI=1S/C21H27N5O4S/c1-23-15-18(13-22-23)31(28,29)24-9-10-25-19(16-24)20(27)26(14-17-5-3-2-4-6-17)21(25)7-11-30-12-8-21/h2-6,13,15,19H,7-12,14,16H2,1H3/t19-/m1/s1. The summed E-state index contributed by atoms with van der Waals surface area (Å²) in [6, 6.07) is 9.48. The summed E-state index contributed by atoms with van der Waals surface area (Å²) in [7, 11) is -2.01. The minimum absolute atomic E-state index is 0.00293. The van der Waals surface area contributed by atoms with Gasteiger partial charge in [0, 0.05) is 52.3 Å². The Kier molecular flexibility index (Phi) is 5.12. The number of nitrogens with zero attached hydrogens (tertiary/aromatic N) is 5. The van der Waals surface area contributed by atoms with Gasteiger partial charge in [-0.15, -0.1) is 0 Å². The van der Waals surface area contributed by atoms with E-state index < -0.39 is 21.7 Å². The smallest absolute Gasteiger partial charge is 0.246 e.